The number of carbonyl (C=O) groups is 1. The summed E-state index contributed by atoms with van der Waals surface area (Å²) in [6.45, 7) is 3.33. The second kappa shape index (κ2) is 4.93. The van der Waals surface area contributed by atoms with E-state index in [0.29, 0.717) is 5.71 Å². The summed E-state index contributed by atoms with van der Waals surface area (Å²) in [5.41, 5.74) is 0.459. The monoisotopic (exact) mass is 145 g/mol. The van der Waals surface area contributed by atoms with Gasteiger partial charge in [0.05, 0.1) is 12.3 Å². The van der Waals surface area contributed by atoms with Gasteiger partial charge in [0.2, 0.25) is 0 Å². The quantitative estimate of drug-likeness (QED) is 0.355. The van der Waals surface area contributed by atoms with Gasteiger partial charge in [-0.25, -0.2) is 0 Å². The molecule has 1 N–H and O–H groups in total. The number of oxime groups is 1. The molecule has 0 heterocycles. The van der Waals surface area contributed by atoms with Crippen molar-refractivity contribution in [1.82, 2.24) is 0 Å². The molecule has 0 saturated carbocycles. The molecular weight excluding hydrogens is 134 g/mol. The lowest BCUT2D eigenvalue weighted by atomic mass is 10.4. The molecule has 0 spiro atoms. The van der Waals surface area contributed by atoms with Gasteiger partial charge in [0.15, 0.2) is 5.78 Å². The molecule has 10 heavy (non-hydrogen) atoms. The predicted molar refractivity (Wildman–Crippen MR) is 36.4 cm³/mol. The van der Waals surface area contributed by atoms with E-state index in [1.54, 1.807) is 6.92 Å². The summed E-state index contributed by atoms with van der Waals surface area (Å²) < 4.78 is 4.81. The van der Waals surface area contributed by atoms with Gasteiger partial charge < -0.3 is 9.94 Å². The zero-order chi connectivity index (χ0) is 7.98. The first-order valence-electron chi connectivity index (χ1n) is 2.91. The number of hydrogen-bond acceptors (Lipinski definition) is 4. The summed E-state index contributed by atoms with van der Waals surface area (Å²) in [6.07, 6.45) is 0. The first-order chi connectivity index (χ1) is 4.66. The number of ether oxygens (including phenoxy) is 1. The summed E-state index contributed by atoms with van der Waals surface area (Å²) in [4.78, 5) is 10.3. The second-order valence-electron chi connectivity index (χ2n) is 2.03. The van der Waals surface area contributed by atoms with E-state index in [0.717, 1.165) is 0 Å². The van der Waals surface area contributed by atoms with Crippen LogP contribution in [-0.4, -0.2) is 29.9 Å². The van der Waals surface area contributed by atoms with Crippen LogP contribution in [-0.2, 0) is 9.53 Å². The molecule has 0 radical (unpaired) electrons. The van der Waals surface area contributed by atoms with Gasteiger partial charge in [-0.05, 0) is 13.8 Å². The van der Waals surface area contributed by atoms with Gasteiger partial charge in [-0.1, -0.05) is 5.16 Å². The second-order valence-corrected chi connectivity index (χ2v) is 2.03. The molecule has 0 saturated heterocycles. The highest BCUT2D eigenvalue weighted by atomic mass is 16.5. The van der Waals surface area contributed by atoms with Crippen molar-refractivity contribution in [3.05, 3.63) is 0 Å². The number of rotatable bonds is 4. The summed E-state index contributed by atoms with van der Waals surface area (Å²) in [5.74, 6) is -0.0364. The molecular formula is C6H11NO3. The van der Waals surface area contributed by atoms with Gasteiger partial charge in [0.1, 0.15) is 6.61 Å². The van der Waals surface area contributed by atoms with Crippen molar-refractivity contribution in [2.75, 3.05) is 13.2 Å². The molecule has 0 aromatic carbocycles. The van der Waals surface area contributed by atoms with E-state index in [4.69, 9.17) is 9.94 Å². The Morgan fingerprint density at radius 1 is 1.50 bits per heavy atom. The van der Waals surface area contributed by atoms with Crippen molar-refractivity contribution in [3.8, 4) is 0 Å². The largest absolute Gasteiger partial charge is 0.411 e. The van der Waals surface area contributed by atoms with Crippen molar-refractivity contribution in [1.29, 1.82) is 0 Å². The third-order valence-electron chi connectivity index (χ3n) is 0.787. The fourth-order valence-electron chi connectivity index (χ4n) is 0.371. The van der Waals surface area contributed by atoms with E-state index in [-0.39, 0.29) is 19.0 Å². The number of ketones is 1. The van der Waals surface area contributed by atoms with Crippen LogP contribution in [0.25, 0.3) is 0 Å². The molecule has 0 rings (SSSR count). The van der Waals surface area contributed by atoms with Crippen molar-refractivity contribution in [2.24, 2.45) is 5.16 Å². The van der Waals surface area contributed by atoms with Crippen molar-refractivity contribution in [3.63, 3.8) is 0 Å². The summed E-state index contributed by atoms with van der Waals surface area (Å²) >= 11 is 0. The molecule has 0 aliphatic heterocycles. The molecule has 0 atom stereocenters. The Balaban J connectivity index is 3.29. The summed E-state index contributed by atoms with van der Waals surface area (Å²) in [6, 6.07) is 0. The van der Waals surface area contributed by atoms with Crippen LogP contribution in [0.15, 0.2) is 5.16 Å². The minimum Gasteiger partial charge on any atom is -0.411 e. The van der Waals surface area contributed by atoms with Gasteiger partial charge in [0, 0.05) is 0 Å². The Hall–Kier alpha value is -0.900. The maximum absolute atomic E-state index is 10.3. The molecule has 4 nitrogen and oxygen atoms in total. The Labute approximate surface area is 59.5 Å². The van der Waals surface area contributed by atoms with E-state index in [1.807, 2.05) is 0 Å². The third-order valence-corrected chi connectivity index (χ3v) is 0.787. The molecule has 58 valence electrons. The lowest BCUT2D eigenvalue weighted by Gasteiger charge is -1.97. The van der Waals surface area contributed by atoms with E-state index in [1.165, 1.54) is 6.92 Å². The van der Waals surface area contributed by atoms with Gasteiger partial charge >= 0.3 is 0 Å². The zero-order valence-electron chi connectivity index (χ0n) is 6.13. The van der Waals surface area contributed by atoms with Crippen LogP contribution in [0.1, 0.15) is 13.8 Å². The van der Waals surface area contributed by atoms with E-state index in [9.17, 15) is 4.79 Å². The highest BCUT2D eigenvalue weighted by Gasteiger charge is 1.94. The van der Waals surface area contributed by atoms with Gasteiger partial charge in [0.25, 0.3) is 0 Å². The van der Waals surface area contributed by atoms with Crippen molar-refractivity contribution < 1.29 is 14.7 Å². The molecule has 0 amide bonds. The van der Waals surface area contributed by atoms with Crippen LogP contribution >= 0.6 is 0 Å². The number of carbonyl (C=O) groups excluding carboxylic acids is 1. The first-order valence-corrected chi connectivity index (χ1v) is 2.91. The molecule has 0 unspecified atom stereocenters. The topological polar surface area (TPSA) is 58.9 Å². The lowest BCUT2D eigenvalue weighted by Crippen LogP contribution is -2.10. The number of hydrogen-bond donors (Lipinski definition) is 1. The molecule has 0 aliphatic rings. The fraction of sp³-hybridized carbons (Fsp3) is 0.667. The number of nitrogens with zero attached hydrogens (tertiary/aromatic N) is 1. The summed E-state index contributed by atoms with van der Waals surface area (Å²) in [7, 11) is 0. The minimum atomic E-state index is -0.0364. The Bertz CT molecular complexity index is 142. The molecule has 0 aliphatic carbocycles. The van der Waals surface area contributed by atoms with Crippen LogP contribution in [0.4, 0.5) is 0 Å². The maximum Gasteiger partial charge on any atom is 0.155 e. The van der Waals surface area contributed by atoms with Gasteiger partial charge in [-0.2, -0.15) is 0 Å². The fourth-order valence-corrected chi connectivity index (χ4v) is 0.371. The smallest absolute Gasteiger partial charge is 0.155 e. The highest BCUT2D eigenvalue weighted by molar-refractivity contribution is 5.83. The van der Waals surface area contributed by atoms with Crippen LogP contribution in [0, 0.1) is 0 Å². The maximum atomic E-state index is 10.3. The van der Waals surface area contributed by atoms with Crippen molar-refractivity contribution in [2.45, 2.75) is 13.8 Å². The standard InChI is InChI=1S/C6H11NO3/c1-5(7-9)3-10-4-6(2)8/h9H,3-4H2,1-2H3. The predicted octanol–water partition coefficient (Wildman–Crippen LogP) is 0.442. The molecule has 0 aromatic heterocycles. The molecule has 4 heteroatoms. The molecule has 0 aromatic rings. The van der Waals surface area contributed by atoms with Crippen LogP contribution in [0.3, 0.4) is 0 Å². The Morgan fingerprint density at radius 2 is 2.10 bits per heavy atom. The number of Topliss-reactive ketones (excluding diaryl/α,β-unsaturated/α-hetero) is 1. The Kier molecular flexibility index (Phi) is 4.49. The molecule has 0 fully saturated rings. The normalized spacial score (nSPS) is 11.6. The lowest BCUT2D eigenvalue weighted by molar-refractivity contribution is -0.120. The third kappa shape index (κ3) is 5.24. The van der Waals surface area contributed by atoms with Crippen molar-refractivity contribution >= 4 is 11.5 Å². The van der Waals surface area contributed by atoms with E-state index < -0.39 is 0 Å². The highest BCUT2D eigenvalue weighted by Crippen LogP contribution is 1.79. The summed E-state index contributed by atoms with van der Waals surface area (Å²) in [5, 5.41) is 11.0. The van der Waals surface area contributed by atoms with E-state index in [2.05, 4.69) is 5.16 Å². The average Bonchev–Trinajstić information content (AvgIpc) is 1.87. The Morgan fingerprint density at radius 3 is 2.50 bits per heavy atom. The van der Waals surface area contributed by atoms with Gasteiger partial charge in [-0.15, -0.1) is 0 Å². The SMILES string of the molecule is CC(=O)COCC(C)=NO. The van der Waals surface area contributed by atoms with Crippen LogP contribution in [0.2, 0.25) is 0 Å². The van der Waals surface area contributed by atoms with Crippen LogP contribution < -0.4 is 0 Å². The average molecular weight is 145 g/mol. The van der Waals surface area contributed by atoms with Crippen LogP contribution in [0.5, 0.6) is 0 Å². The minimum absolute atomic E-state index is 0.0364. The zero-order valence-corrected chi connectivity index (χ0v) is 6.13. The molecule has 0 bridgehead atoms. The van der Waals surface area contributed by atoms with E-state index >= 15 is 0 Å². The van der Waals surface area contributed by atoms with Gasteiger partial charge in [-0.3, -0.25) is 4.79 Å². The first kappa shape index (κ1) is 9.10.